The molecule has 26 nitrogen and oxygen atoms in total. The lowest BCUT2D eigenvalue weighted by Crippen LogP contribution is -2.59. The third kappa shape index (κ3) is 20.2. The first-order chi connectivity index (χ1) is 34.9. The fourth-order valence-electron chi connectivity index (χ4n) is 7.65. The Kier molecular flexibility index (Phi) is 24.6. The van der Waals surface area contributed by atoms with Crippen molar-refractivity contribution in [2.24, 2.45) is 45.7 Å². The molecule has 1 aromatic heterocycles. The van der Waals surface area contributed by atoms with Gasteiger partial charge in [-0.15, -0.1) is 0 Å². The highest BCUT2D eigenvalue weighted by atomic mass is 32.2. The maximum atomic E-state index is 14.0. The second kappa shape index (κ2) is 29.9. The number of nitrogens with zero attached hydrogens (tertiary/aromatic N) is 2. The van der Waals surface area contributed by atoms with E-state index in [0.29, 0.717) is 17.1 Å². The first-order valence-corrected chi connectivity index (χ1v) is 25.4. The number of imidazole rings is 1. The summed E-state index contributed by atoms with van der Waals surface area (Å²) in [5.41, 5.74) is 23.7. The van der Waals surface area contributed by atoms with E-state index in [2.05, 4.69) is 57.5 Å². The van der Waals surface area contributed by atoms with Gasteiger partial charge in [-0.25, -0.2) is 4.98 Å². The maximum absolute atomic E-state index is 14.0. The van der Waals surface area contributed by atoms with Crippen LogP contribution in [0.25, 0.3) is 0 Å². The van der Waals surface area contributed by atoms with Gasteiger partial charge >= 0.3 is 0 Å². The highest BCUT2D eigenvalue weighted by Gasteiger charge is 2.35. The quantitative estimate of drug-likeness (QED) is 0.0257. The molecule has 1 aromatic carbocycles. The van der Waals surface area contributed by atoms with E-state index in [1.165, 1.54) is 31.2 Å². The Morgan fingerprint density at radius 1 is 0.703 bits per heavy atom. The van der Waals surface area contributed by atoms with Gasteiger partial charge in [0.1, 0.15) is 42.2 Å². The first-order valence-electron chi connectivity index (χ1n) is 24.0. The summed E-state index contributed by atoms with van der Waals surface area (Å²) in [4.78, 5) is 155. The number of hydrogen-bond donors (Lipinski definition) is 13. The summed E-state index contributed by atoms with van der Waals surface area (Å²) in [5, 5.41) is 20.4. The number of carbonyl (C=O) groups excluding carboxylic acids is 11. The maximum Gasteiger partial charge on any atom is 0.243 e. The van der Waals surface area contributed by atoms with Gasteiger partial charge in [0.25, 0.3) is 0 Å². The fourth-order valence-corrected chi connectivity index (χ4v) is 8.12. The number of aliphatic imine (C=N–C) groups is 1. The van der Waals surface area contributed by atoms with E-state index in [4.69, 9.17) is 22.9 Å². The van der Waals surface area contributed by atoms with Gasteiger partial charge in [0.15, 0.2) is 0 Å². The second-order valence-corrected chi connectivity index (χ2v) is 19.6. The van der Waals surface area contributed by atoms with Crippen LogP contribution in [0.5, 0.6) is 0 Å². The third-order valence-corrected chi connectivity index (χ3v) is 12.2. The van der Waals surface area contributed by atoms with E-state index in [1.54, 1.807) is 50.6 Å². The molecule has 3 rings (SSSR count). The number of rotatable bonds is 32. The molecule has 2 aromatic rings. The largest absolute Gasteiger partial charge is 0.370 e. The van der Waals surface area contributed by atoms with Crippen LogP contribution in [0.15, 0.2) is 41.8 Å². The van der Waals surface area contributed by atoms with Gasteiger partial charge in [-0.2, -0.15) is 11.8 Å². The summed E-state index contributed by atoms with van der Waals surface area (Å²) in [6, 6.07) is -0.718. The molecule has 0 aliphatic carbocycles. The van der Waals surface area contributed by atoms with Crippen molar-refractivity contribution >= 4 is 88.6 Å². The smallest absolute Gasteiger partial charge is 0.243 e. The summed E-state index contributed by atoms with van der Waals surface area (Å²) < 4.78 is 0. The summed E-state index contributed by atoms with van der Waals surface area (Å²) in [6.07, 6.45) is 4.05. The van der Waals surface area contributed by atoms with Crippen LogP contribution >= 0.6 is 11.8 Å². The first kappa shape index (κ1) is 60.9. The minimum absolute atomic E-state index is 0.0715. The highest BCUT2D eigenvalue weighted by Crippen LogP contribution is 2.34. The average Bonchev–Trinajstić information content (AvgIpc) is 3.99. The van der Waals surface area contributed by atoms with Crippen molar-refractivity contribution in [1.29, 1.82) is 0 Å². The number of fused-ring (bicyclic) bond motifs is 1. The number of para-hydroxylation sites is 1. The zero-order valence-electron chi connectivity index (χ0n) is 42.4. The standard InChI is InChI=1S/C47H71N15O11S/c1-23(2)15-32(59-42(68)29(40(51)66)13-14-74-6)45(71)60-34(17-27-20-52-22-55-27)43(69)54-21-38(65)62-39(24(3)4)47(73)56-25(5)41(67)58-33(16-26-19-53-30-10-8-7-9-28(26)30)46(72)57-31(11-12-36(49)63)44(70)61-35(48)18-37(50)64/h7-10,19-20,22-26,29,31-35,39H,11-18,21,48H2,1-6H3,(H2,49,63)(H2,50,64)(H2,51,66)(H,52,55)(H,54,69)(H,56,73)(H,57,72)(H,58,67)(H,59,68)(H,60,71)(H,61,70)(H,62,65)/t25-,26?,29?,31+,32+,33+,34-,35-,39-/m0/s1. The topological polar surface area (TPSA) is 429 Å². The Hall–Kier alpha value is -7.42. The molecule has 74 heavy (non-hydrogen) atoms. The van der Waals surface area contributed by atoms with Crippen molar-refractivity contribution in [3.8, 4) is 0 Å². The Morgan fingerprint density at radius 3 is 1.95 bits per heavy atom. The zero-order chi connectivity index (χ0) is 55.2. The molecule has 1 aliphatic rings. The molecule has 0 fully saturated rings. The summed E-state index contributed by atoms with van der Waals surface area (Å²) in [5.74, 6) is -10.8. The number of nitrogens with one attached hydrogen (secondary N) is 9. The van der Waals surface area contributed by atoms with E-state index >= 15 is 0 Å². The van der Waals surface area contributed by atoms with Crippen LogP contribution < -0.4 is 65.5 Å². The molecule has 0 bridgehead atoms. The second-order valence-electron chi connectivity index (χ2n) is 18.6. The van der Waals surface area contributed by atoms with Gasteiger partial charge in [-0.3, -0.25) is 57.7 Å². The summed E-state index contributed by atoms with van der Waals surface area (Å²) in [6.45, 7) is 7.55. The number of primary amides is 3. The van der Waals surface area contributed by atoms with Gasteiger partial charge < -0.3 is 70.5 Å². The monoisotopic (exact) mass is 1050 g/mol. The molecule has 406 valence electrons. The van der Waals surface area contributed by atoms with E-state index in [0.717, 1.165) is 5.56 Å². The minimum atomic E-state index is -1.41. The number of thioether (sulfide) groups is 1. The van der Waals surface area contributed by atoms with Gasteiger partial charge in [0.2, 0.25) is 65.0 Å². The number of hydrogen-bond acceptors (Lipinski definition) is 15. The average molecular weight is 1050 g/mol. The minimum Gasteiger partial charge on any atom is -0.370 e. The van der Waals surface area contributed by atoms with E-state index in [-0.39, 0.29) is 44.4 Å². The number of benzene rings is 1. The number of aromatic nitrogens is 2. The van der Waals surface area contributed by atoms with E-state index in [9.17, 15) is 52.7 Å². The molecule has 11 amide bonds. The Labute approximate surface area is 432 Å². The lowest BCUT2D eigenvalue weighted by atomic mass is 9.93. The van der Waals surface area contributed by atoms with Crippen molar-refractivity contribution in [2.45, 2.75) is 128 Å². The third-order valence-electron chi connectivity index (χ3n) is 11.6. The molecule has 1 aliphatic heterocycles. The lowest BCUT2D eigenvalue weighted by molar-refractivity contribution is -0.137. The number of aromatic amines is 1. The summed E-state index contributed by atoms with van der Waals surface area (Å²) >= 11 is 1.41. The zero-order valence-corrected chi connectivity index (χ0v) is 43.2. The molecule has 17 N–H and O–H groups in total. The Morgan fingerprint density at radius 2 is 1.34 bits per heavy atom. The van der Waals surface area contributed by atoms with Crippen molar-refractivity contribution in [2.75, 3.05) is 18.6 Å². The molecule has 9 atom stereocenters. The normalized spacial score (nSPS) is 15.9. The highest BCUT2D eigenvalue weighted by molar-refractivity contribution is 7.98. The van der Waals surface area contributed by atoms with Crippen molar-refractivity contribution in [3.05, 3.63) is 48.0 Å². The molecule has 0 saturated carbocycles. The lowest BCUT2D eigenvalue weighted by Gasteiger charge is -2.27. The molecular weight excluding hydrogens is 983 g/mol. The Bertz CT molecular complexity index is 2350. The predicted molar refractivity (Wildman–Crippen MR) is 273 cm³/mol. The van der Waals surface area contributed by atoms with Crippen molar-refractivity contribution in [1.82, 2.24) is 52.5 Å². The van der Waals surface area contributed by atoms with Crippen molar-refractivity contribution < 1.29 is 52.7 Å². The number of carbonyl (C=O) groups is 11. The Balaban J connectivity index is 1.74. The molecule has 0 spiro atoms. The van der Waals surface area contributed by atoms with Crippen LogP contribution in [0.1, 0.15) is 90.3 Å². The van der Waals surface area contributed by atoms with Crippen LogP contribution in [0.2, 0.25) is 0 Å². The van der Waals surface area contributed by atoms with Crippen LogP contribution in [-0.4, -0.2) is 142 Å². The van der Waals surface area contributed by atoms with Gasteiger partial charge in [-0.1, -0.05) is 45.9 Å². The molecule has 2 heterocycles. The van der Waals surface area contributed by atoms with Crippen molar-refractivity contribution in [3.63, 3.8) is 0 Å². The van der Waals surface area contributed by atoms with E-state index in [1.807, 2.05) is 13.8 Å². The van der Waals surface area contributed by atoms with Gasteiger partial charge in [-0.05, 0) is 68.1 Å². The molecule has 0 saturated heterocycles. The van der Waals surface area contributed by atoms with Crippen LogP contribution in [0.4, 0.5) is 5.69 Å². The summed E-state index contributed by atoms with van der Waals surface area (Å²) in [7, 11) is 0. The number of amides is 11. The van der Waals surface area contributed by atoms with Gasteiger partial charge in [0.05, 0.1) is 31.1 Å². The van der Waals surface area contributed by atoms with E-state index < -0.39 is 138 Å². The SMILES string of the molecule is CSCCC(C(N)=O)C(=O)N[C@H](CC(C)C)C(=O)N[C@@H](Cc1cnc[nH]1)C(=O)NCC(=O)N[C@H](C(=O)N[C@@H](C)C(=O)N[C@H](CC1C=Nc2ccccc21)C(=O)N[C@H](CCC(N)=O)C(=O)N[C@H](N)CC(N)=O)C(C)C. The van der Waals surface area contributed by atoms with Crippen LogP contribution in [0, 0.1) is 17.8 Å². The molecule has 0 radical (unpaired) electrons. The fraction of sp³-hybridized carbons (Fsp3) is 0.553. The van der Waals surface area contributed by atoms with Gasteiger partial charge in [0, 0.05) is 36.9 Å². The molecular formula is C47H71N15O11S. The number of nitrogens with two attached hydrogens (primary N) is 4. The predicted octanol–water partition coefficient (Wildman–Crippen LogP) is -3.01. The molecule has 27 heteroatoms. The van der Waals surface area contributed by atoms with Crippen LogP contribution in [-0.2, 0) is 59.2 Å². The molecule has 2 unspecified atom stereocenters. The van der Waals surface area contributed by atoms with Crippen LogP contribution in [0.3, 0.4) is 0 Å². The number of H-pyrrole nitrogens is 1.